The number of rotatable bonds is 6. The SMILES string of the molecule is O=C(C[n+]1ccc(Cc2ccc([N+](=O)[O-])cc2)cc1)Nc1ccc(F)c(Cl)c1. The van der Waals surface area contributed by atoms with Crippen LogP contribution in [0, 0.1) is 15.9 Å². The molecule has 2 aromatic carbocycles. The van der Waals surface area contributed by atoms with Crippen LogP contribution in [0.5, 0.6) is 0 Å². The summed E-state index contributed by atoms with van der Waals surface area (Å²) < 4.78 is 14.9. The molecule has 1 aromatic heterocycles. The molecule has 0 aliphatic rings. The number of halogens is 2. The van der Waals surface area contributed by atoms with Gasteiger partial charge in [0.05, 0.1) is 9.95 Å². The Morgan fingerprint density at radius 2 is 1.71 bits per heavy atom. The van der Waals surface area contributed by atoms with Gasteiger partial charge >= 0.3 is 0 Å². The molecule has 1 heterocycles. The Hall–Kier alpha value is -3.32. The third kappa shape index (κ3) is 5.11. The number of non-ortho nitro benzene ring substituents is 1. The molecule has 0 aliphatic heterocycles. The zero-order valence-electron chi connectivity index (χ0n) is 14.6. The number of nitro benzene ring substituents is 1. The largest absolute Gasteiger partial charge is 0.321 e. The first-order valence-corrected chi connectivity index (χ1v) is 8.75. The van der Waals surface area contributed by atoms with E-state index < -0.39 is 10.7 Å². The summed E-state index contributed by atoms with van der Waals surface area (Å²) in [6.07, 6.45) is 4.18. The smallest absolute Gasteiger partial charge is 0.290 e. The van der Waals surface area contributed by atoms with Crippen LogP contribution in [-0.2, 0) is 17.8 Å². The van der Waals surface area contributed by atoms with Crippen LogP contribution in [0.2, 0.25) is 5.02 Å². The van der Waals surface area contributed by atoms with Crippen LogP contribution in [-0.4, -0.2) is 10.8 Å². The normalized spacial score (nSPS) is 10.5. The minimum atomic E-state index is -0.544. The molecule has 0 aliphatic carbocycles. The van der Waals surface area contributed by atoms with Gasteiger partial charge in [-0.25, -0.2) is 4.39 Å². The van der Waals surface area contributed by atoms with Crippen LogP contribution in [0.3, 0.4) is 0 Å². The van der Waals surface area contributed by atoms with Gasteiger partial charge in [0.15, 0.2) is 12.4 Å². The van der Waals surface area contributed by atoms with Crippen molar-refractivity contribution in [1.82, 2.24) is 0 Å². The first kappa shape index (κ1) is 19.4. The molecular formula is C20H16ClFN3O3+. The van der Waals surface area contributed by atoms with Gasteiger partial charge in [-0.1, -0.05) is 23.7 Å². The molecule has 3 aromatic rings. The molecule has 1 amide bonds. The fourth-order valence-electron chi connectivity index (χ4n) is 2.62. The molecule has 6 nitrogen and oxygen atoms in total. The lowest BCUT2D eigenvalue weighted by Gasteiger charge is -2.05. The molecule has 0 bridgehead atoms. The second-order valence-corrected chi connectivity index (χ2v) is 6.56. The lowest BCUT2D eigenvalue weighted by atomic mass is 10.1. The molecule has 0 spiro atoms. The number of pyridine rings is 1. The zero-order chi connectivity index (χ0) is 20.1. The number of anilines is 1. The van der Waals surface area contributed by atoms with Gasteiger partial charge in [0.25, 0.3) is 11.6 Å². The first-order valence-electron chi connectivity index (χ1n) is 8.37. The number of nitrogens with zero attached hydrogens (tertiary/aromatic N) is 2. The van der Waals surface area contributed by atoms with E-state index in [1.807, 2.05) is 12.1 Å². The van der Waals surface area contributed by atoms with Crippen LogP contribution in [0.1, 0.15) is 11.1 Å². The maximum atomic E-state index is 13.2. The van der Waals surface area contributed by atoms with Gasteiger partial charge in [-0.3, -0.25) is 14.9 Å². The number of carbonyl (C=O) groups is 1. The van der Waals surface area contributed by atoms with Crippen LogP contribution >= 0.6 is 11.6 Å². The highest BCUT2D eigenvalue weighted by Crippen LogP contribution is 2.19. The topological polar surface area (TPSA) is 76.1 Å². The summed E-state index contributed by atoms with van der Waals surface area (Å²) in [4.78, 5) is 22.4. The maximum absolute atomic E-state index is 13.2. The quantitative estimate of drug-likeness (QED) is 0.387. The number of amides is 1. The Bertz CT molecular complexity index is 1010. The average Bonchev–Trinajstić information content (AvgIpc) is 2.67. The summed E-state index contributed by atoms with van der Waals surface area (Å²) in [6, 6.07) is 14.1. The molecule has 0 radical (unpaired) electrons. The fraction of sp³-hybridized carbons (Fsp3) is 0.100. The van der Waals surface area contributed by atoms with Gasteiger partial charge in [0.1, 0.15) is 5.82 Å². The van der Waals surface area contributed by atoms with E-state index in [2.05, 4.69) is 5.32 Å². The van der Waals surface area contributed by atoms with E-state index in [0.29, 0.717) is 12.1 Å². The maximum Gasteiger partial charge on any atom is 0.290 e. The van der Waals surface area contributed by atoms with Gasteiger partial charge in [-0.2, -0.15) is 4.57 Å². The Morgan fingerprint density at radius 1 is 1.07 bits per heavy atom. The van der Waals surface area contributed by atoms with E-state index in [-0.39, 0.29) is 23.2 Å². The summed E-state index contributed by atoms with van der Waals surface area (Å²) in [5.41, 5.74) is 2.44. The number of aromatic nitrogens is 1. The molecule has 142 valence electrons. The molecule has 0 saturated heterocycles. The van der Waals surface area contributed by atoms with Crippen molar-refractivity contribution in [3.63, 3.8) is 0 Å². The van der Waals surface area contributed by atoms with Crippen LogP contribution in [0.25, 0.3) is 0 Å². The van der Waals surface area contributed by atoms with E-state index in [1.54, 1.807) is 29.1 Å². The molecule has 28 heavy (non-hydrogen) atoms. The van der Waals surface area contributed by atoms with Crippen molar-refractivity contribution in [3.05, 3.63) is 99.1 Å². The predicted molar refractivity (Wildman–Crippen MR) is 103 cm³/mol. The van der Waals surface area contributed by atoms with Crippen molar-refractivity contribution < 1.29 is 18.7 Å². The number of hydrogen-bond acceptors (Lipinski definition) is 3. The predicted octanol–water partition coefficient (Wildman–Crippen LogP) is 3.90. The second-order valence-electron chi connectivity index (χ2n) is 6.16. The molecule has 8 heteroatoms. The van der Waals surface area contributed by atoms with Gasteiger partial charge in [0.2, 0.25) is 6.54 Å². The molecule has 0 saturated carbocycles. The third-order valence-corrected chi connectivity index (χ3v) is 4.33. The number of nitro groups is 1. The standard InChI is InChI=1S/C20H15ClFN3O3/c21-18-12-16(3-6-19(18)22)23-20(26)13-24-9-7-15(8-10-24)11-14-1-4-17(5-2-14)25(27)28/h1-10,12H,11,13H2/p+1. The molecule has 1 N–H and O–H groups in total. The fourth-order valence-corrected chi connectivity index (χ4v) is 2.80. The Balaban J connectivity index is 1.58. The monoisotopic (exact) mass is 400 g/mol. The molecular weight excluding hydrogens is 385 g/mol. The van der Waals surface area contributed by atoms with E-state index in [9.17, 15) is 19.3 Å². The van der Waals surface area contributed by atoms with Crippen molar-refractivity contribution in [2.45, 2.75) is 13.0 Å². The van der Waals surface area contributed by atoms with Crippen molar-refractivity contribution in [2.75, 3.05) is 5.32 Å². The molecule has 3 rings (SSSR count). The van der Waals surface area contributed by atoms with Crippen LogP contribution < -0.4 is 9.88 Å². The number of carbonyl (C=O) groups excluding carboxylic acids is 1. The van der Waals surface area contributed by atoms with Crippen LogP contribution in [0.4, 0.5) is 15.8 Å². The first-order chi connectivity index (χ1) is 13.4. The van der Waals surface area contributed by atoms with Gasteiger partial charge in [-0.05, 0) is 35.7 Å². The third-order valence-electron chi connectivity index (χ3n) is 4.05. The van der Waals surface area contributed by atoms with E-state index in [1.165, 1.54) is 30.3 Å². The zero-order valence-corrected chi connectivity index (χ0v) is 15.4. The Labute approximate surface area is 165 Å². The van der Waals surface area contributed by atoms with Crippen molar-refractivity contribution in [3.8, 4) is 0 Å². The van der Waals surface area contributed by atoms with Crippen molar-refractivity contribution in [2.24, 2.45) is 0 Å². The Morgan fingerprint density at radius 3 is 2.32 bits per heavy atom. The highest BCUT2D eigenvalue weighted by Gasteiger charge is 2.11. The van der Waals surface area contributed by atoms with Gasteiger partial charge in [0, 0.05) is 30.0 Å². The lowest BCUT2D eigenvalue weighted by Crippen LogP contribution is -2.39. The number of nitrogens with one attached hydrogen (secondary N) is 1. The van der Waals surface area contributed by atoms with Crippen LogP contribution in [0.15, 0.2) is 67.0 Å². The van der Waals surface area contributed by atoms with Crippen molar-refractivity contribution >= 4 is 28.9 Å². The summed E-state index contributed by atoms with van der Waals surface area (Å²) in [7, 11) is 0. The summed E-state index contributed by atoms with van der Waals surface area (Å²) >= 11 is 5.70. The van der Waals surface area contributed by atoms with E-state index >= 15 is 0 Å². The average molecular weight is 401 g/mol. The summed E-state index contributed by atoms with van der Waals surface area (Å²) in [6.45, 7) is 0.0901. The van der Waals surface area contributed by atoms with E-state index in [4.69, 9.17) is 11.6 Å². The van der Waals surface area contributed by atoms with Gasteiger partial charge in [-0.15, -0.1) is 0 Å². The molecule has 0 fully saturated rings. The molecule has 0 atom stereocenters. The lowest BCUT2D eigenvalue weighted by molar-refractivity contribution is -0.684. The van der Waals surface area contributed by atoms with Gasteiger partial charge < -0.3 is 5.32 Å². The minimum absolute atomic E-state index is 0.0546. The molecule has 0 unspecified atom stereocenters. The Kier molecular flexibility index (Phi) is 5.96. The minimum Gasteiger partial charge on any atom is -0.321 e. The van der Waals surface area contributed by atoms with Crippen molar-refractivity contribution in [1.29, 1.82) is 0 Å². The highest BCUT2D eigenvalue weighted by molar-refractivity contribution is 6.31. The van der Waals surface area contributed by atoms with E-state index in [0.717, 1.165) is 11.1 Å². The number of benzene rings is 2. The summed E-state index contributed by atoms with van der Waals surface area (Å²) in [5.74, 6) is -0.812. The second kappa shape index (κ2) is 8.58. The highest BCUT2D eigenvalue weighted by atomic mass is 35.5. The summed E-state index contributed by atoms with van der Waals surface area (Å²) in [5, 5.41) is 13.3. The number of hydrogen-bond donors (Lipinski definition) is 1.